The first-order valence-electron chi connectivity index (χ1n) is 7.15. The van der Waals surface area contributed by atoms with Gasteiger partial charge in [-0.1, -0.05) is 36.4 Å². The molecule has 1 unspecified atom stereocenters. The standard InChI is InChI=1S/C18H19NO2/c1-13-6-9-17(21-13)11-19-12-18(20)16-8-7-14-4-2-3-5-15(14)10-16/h2-10,18-20H,11-12H2,1H3. The number of rotatable bonds is 5. The summed E-state index contributed by atoms with van der Waals surface area (Å²) >= 11 is 0. The second-order valence-corrected chi connectivity index (χ2v) is 5.27. The van der Waals surface area contributed by atoms with Crippen LogP contribution in [-0.4, -0.2) is 11.7 Å². The Hall–Kier alpha value is -2.10. The number of aliphatic hydroxyl groups is 1. The first-order chi connectivity index (χ1) is 10.2. The van der Waals surface area contributed by atoms with E-state index in [0.717, 1.165) is 22.5 Å². The van der Waals surface area contributed by atoms with Gasteiger partial charge < -0.3 is 14.8 Å². The van der Waals surface area contributed by atoms with Crippen molar-refractivity contribution in [2.24, 2.45) is 0 Å². The number of aryl methyl sites for hydroxylation is 1. The summed E-state index contributed by atoms with van der Waals surface area (Å²) < 4.78 is 5.48. The molecule has 3 nitrogen and oxygen atoms in total. The fourth-order valence-corrected chi connectivity index (χ4v) is 2.45. The Morgan fingerprint density at radius 2 is 1.86 bits per heavy atom. The molecule has 1 aromatic heterocycles. The minimum atomic E-state index is -0.523. The molecule has 0 aliphatic heterocycles. The van der Waals surface area contributed by atoms with Crippen LogP contribution in [0.25, 0.3) is 10.8 Å². The number of hydrogen-bond donors (Lipinski definition) is 2. The predicted octanol–water partition coefficient (Wildman–Crippen LogP) is 3.56. The summed E-state index contributed by atoms with van der Waals surface area (Å²) in [6, 6.07) is 18.1. The van der Waals surface area contributed by atoms with E-state index in [2.05, 4.69) is 17.4 Å². The number of aliphatic hydroxyl groups excluding tert-OH is 1. The number of fused-ring (bicyclic) bond motifs is 1. The lowest BCUT2D eigenvalue weighted by Gasteiger charge is -2.12. The van der Waals surface area contributed by atoms with Gasteiger partial charge in [-0.25, -0.2) is 0 Å². The lowest BCUT2D eigenvalue weighted by molar-refractivity contribution is 0.173. The summed E-state index contributed by atoms with van der Waals surface area (Å²) in [5.41, 5.74) is 0.928. The van der Waals surface area contributed by atoms with E-state index in [4.69, 9.17) is 4.42 Å². The lowest BCUT2D eigenvalue weighted by Crippen LogP contribution is -2.20. The maximum atomic E-state index is 10.3. The smallest absolute Gasteiger partial charge is 0.117 e. The van der Waals surface area contributed by atoms with E-state index >= 15 is 0 Å². The molecule has 1 heterocycles. The summed E-state index contributed by atoms with van der Waals surface area (Å²) in [6.07, 6.45) is -0.523. The van der Waals surface area contributed by atoms with Crippen LogP contribution in [0.5, 0.6) is 0 Å². The summed E-state index contributed by atoms with van der Waals surface area (Å²) in [6.45, 7) is 3.05. The molecular formula is C18H19NO2. The van der Waals surface area contributed by atoms with E-state index in [1.165, 1.54) is 5.39 Å². The molecule has 0 saturated heterocycles. The van der Waals surface area contributed by atoms with Gasteiger partial charge in [-0.15, -0.1) is 0 Å². The van der Waals surface area contributed by atoms with Crippen LogP contribution in [0, 0.1) is 6.92 Å². The molecule has 0 saturated carbocycles. The van der Waals surface area contributed by atoms with Crippen LogP contribution in [0.3, 0.4) is 0 Å². The molecule has 0 fully saturated rings. The minimum absolute atomic E-state index is 0.498. The van der Waals surface area contributed by atoms with Crippen molar-refractivity contribution in [3.8, 4) is 0 Å². The van der Waals surface area contributed by atoms with E-state index in [1.807, 2.05) is 49.4 Å². The van der Waals surface area contributed by atoms with E-state index < -0.39 is 6.10 Å². The van der Waals surface area contributed by atoms with E-state index in [0.29, 0.717) is 13.1 Å². The molecule has 0 spiro atoms. The van der Waals surface area contributed by atoms with Crippen LogP contribution >= 0.6 is 0 Å². The summed E-state index contributed by atoms with van der Waals surface area (Å²) in [7, 11) is 0. The lowest BCUT2D eigenvalue weighted by atomic mass is 10.0. The molecule has 1 atom stereocenters. The number of furan rings is 1. The third-order valence-electron chi connectivity index (χ3n) is 3.59. The van der Waals surface area contributed by atoms with Crippen molar-refractivity contribution in [3.05, 3.63) is 71.7 Å². The number of hydrogen-bond acceptors (Lipinski definition) is 3. The van der Waals surface area contributed by atoms with Gasteiger partial charge in [-0.05, 0) is 41.5 Å². The van der Waals surface area contributed by atoms with Crippen molar-refractivity contribution in [1.82, 2.24) is 5.32 Å². The molecular weight excluding hydrogens is 262 g/mol. The van der Waals surface area contributed by atoms with Gasteiger partial charge in [0.15, 0.2) is 0 Å². The average Bonchev–Trinajstić information content (AvgIpc) is 2.92. The maximum absolute atomic E-state index is 10.3. The Morgan fingerprint density at radius 3 is 2.62 bits per heavy atom. The summed E-state index contributed by atoms with van der Waals surface area (Å²) in [4.78, 5) is 0. The van der Waals surface area contributed by atoms with Crippen LogP contribution in [0.15, 0.2) is 59.0 Å². The zero-order valence-corrected chi connectivity index (χ0v) is 12.0. The van der Waals surface area contributed by atoms with Crippen molar-refractivity contribution in [2.45, 2.75) is 19.6 Å². The maximum Gasteiger partial charge on any atom is 0.117 e. The molecule has 0 aliphatic carbocycles. The van der Waals surface area contributed by atoms with Gasteiger partial charge in [0.2, 0.25) is 0 Å². The van der Waals surface area contributed by atoms with Crippen LogP contribution in [0.1, 0.15) is 23.2 Å². The Bertz CT molecular complexity index is 733. The van der Waals surface area contributed by atoms with Gasteiger partial charge in [0.05, 0.1) is 12.6 Å². The average molecular weight is 281 g/mol. The van der Waals surface area contributed by atoms with E-state index in [9.17, 15) is 5.11 Å². The zero-order chi connectivity index (χ0) is 14.7. The van der Waals surface area contributed by atoms with Crippen LogP contribution in [0.2, 0.25) is 0 Å². The third kappa shape index (κ3) is 3.32. The molecule has 2 aromatic carbocycles. The predicted molar refractivity (Wildman–Crippen MR) is 84.1 cm³/mol. The minimum Gasteiger partial charge on any atom is -0.465 e. The Labute approximate surface area is 124 Å². The number of nitrogens with one attached hydrogen (secondary N) is 1. The number of benzene rings is 2. The van der Waals surface area contributed by atoms with Crippen molar-refractivity contribution < 1.29 is 9.52 Å². The molecule has 3 heteroatoms. The molecule has 0 bridgehead atoms. The first kappa shape index (κ1) is 13.9. The van der Waals surface area contributed by atoms with E-state index in [1.54, 1.807) is 0 Å². The fourth-order valence-electron chi connectivity index (χ4n) is 2.45. The molecule has 3 aromatic rings. The highest BCUT2D eigenvalue weighted by molar-refractivity contribution is 5.83. The highest BCUT2D eigenvalue weighted by Crippen LogP contribution is 2.20. The van der Waals surface area contributed by atoms with Gasteiger partial charge in [-0.3, -0.25) is 0 Å². The highest BCUT2D eigenvalue weighted by Gasteiger charge is 2.08. The molecule has 0 aliphatic rings. The molecule has 0 radical (unpaired) electrons. The largest absolute Gasteiger partial charge is 0.465 e. The van der Waals surface area contributed by atoms with Gasteiger partial charge in [0.25, 0.3) is 0 Å². The fraction of sp³-hybridized carbons (Fsp3) is 0.222. The van der Waals surface area contributed by atoms with Gasteiger partial charge in [0.1, 0.15) is 11.5 Å². The second kappa shape index (κ2) is 6.12. The molecule has 0 amide bonds. The van der Waals surface area contributed by atoms with Gasteiger partial charge >= 0.3 is 0 Å². The topological polar surface area (TPSA) is 45.4 Å². The Kier molecular flexibility index (Phi) is 4.04. The van der Waals surface area contributed by atoms with E-state index in [-0.39, 0.29) is 0 Å². The highest BCUT2D eigenvalue weighted by atomic mass is 16.3. The zero-order valence-electron chi connectivity index (χ0n) is 12.0. The normalized spacial score (nSPS) is 12.7. The van der Waals surface area contributed by atoms with Crippen LogP contribution in [0.4, 0.5) is 0 Å². The third-order valence-corrected chi connectivity index (χ3v) is 3.59. The molecule has 2 N–H and O–H groups in total. The molecule has 21 heavy (non-hydrogen) atoms. The Balaban J connectivity index is 1.62. The van der Waals surface area contributed by atoms with Crippen molar-refractivity contribution in [3.63, 3.8) is 0 Å². The van der Waals surface area contributed by atoms with Crippen molar-refractivity contribution >= 4 is 10.8 Å². The van der Waals surface area contributed by atoms with Gasteiger partial charge in [0, 0.05) is 6.54 Å². The summed E-state index contributed by atoms with van der Waals surface area (Å²) in [5, 5.41) is 15.8. The monoisotopic (exact) mass is 281 g/mol. The second-order valence-electron chi connectivity index (χ2n) is 5.27. The quantitative estimate of drug-likeness (QED) is 0.751. The molecule has 3 rings (SSSR count). The van der Waals surface area contributed by atoms with Gasteiger partial charge in [-0.2, -0.15) is 0 Å². The summed E-state index contributed by atoms with van der Waals surface area (Å²) in [5.74, 6) is 1.79. The van der Waals surface area contributed by atoms with Crippen molar-refractivity contribution in [2.75, 3.05) is 6.54 Å². The van der Waals surface area contributed by atoms with Crippen LogP contribution in [-0.2, 0) is 6.54 Å². The van der Waals surface area contributed by atoms with Crippen molar-refractivity contribution in [1.29, 1.82) is 0 Å². The first-order valence-corrected chi connectivity index (χ1v) is 7.15. The molecule has 108 valence electrons. The SMILES string of the molecule is Cc1ccc(CNCC(O)c2ccc3ccccc3c2)o1. The van der Waals surface area contributed by atoms with Crippen LogP contribution < -0.4 is 5.32 Å². The Morgan fingerprint density at radius 1 is 1.05 bits per heavy atom.